The number of rotatable bonds is 3. The summed E-state index contributed by atoms with van der Waals surface area (Å²) in [5.41, 5.74) is 0.903. The van der Waals surface area contributed by atoms with Crippen LogP contribution in [0.3, 0.4) is 0 Å². The molecule has 0 atom stereocenters. The normalized spacial score (nSPS) is 15.8. The second-order valence-electron chi connectivity index (χ2n) is 5.68. The van der Waals surface area contributed by atoms with Crippen LogP contribution in [-0.4, -0.2) is 40.1 Å². The summed E-state index contributed by atoms with van der Waals surface area (Å²) in [6.07, 6.45) is 1.78. The predicted octanol–water partition coefficient (Wildman–Crippen LogP) is 2.40. The van der Waals surface area contributed by atoms with Crippen LogP contribution in [0, 0.1) is 13.8 Å². The molecule has 3 rings (SSSR count). The molecule has 1 N–H and O–H groups in total. The molecular weight excluding hydrogens is 280 g/mol. The van der Waals surface area contributed by atoms with Gasteiger partial charge in [0.15, 0.2) is 5.76 Å². The molecule has 0 bridgehead atoms. The van der Waals surface area contributed by atoms with E-state index in [0.717, 1.165) is 43.2 Å². The van der Waals surface area contributed by atoms with Gasteiger partial charge in [0.25, 0.3) is 5.91 Å². The third-order valence-corrected chi connectivity index (χ3v) is 3.88. The van der Waals surface area contributed by atoms with Crippen molar-refractivity contribution < 1.29 is 9.21 Å². The van der Waals surface area contributed by atoms with Crippen molar-refractivity contribution in [2.75, 3.05) is 18.4 Å². The Morgan fingerprint density at radius 3 is 2.55 bits per heavy atom. The van der Waals surface area contributed by atoms with E-state index in [1.54, 1.807) is 6.07 Å². The van der Waals surface area contributed by atoms with Crippen molar-refractivity contribution in [2.45, 2.75) is 32.7 Å². The van der Waals surface area contributed by atoms with Crippen LogP contribution in [-0.2, 0) is 0 Å². The number of carbonyl (C=O) groups excluding carboxylic acids is 1. The number of hydrogen-bond donors (Lipinski definition) is 1. The molecule has 2 aromatic heterocycles. The van der Waals surface area contributed by atoms with E-state index in [1.807, 2.05) is 36.9 Å². The summed E-state index contributed by atoms with van der Waals surface area (Å²) in [4.78, 5) is 14.1. The fourth-order valence-electron chi connectivity index (χ4n) is 2.62. The van der Waals surface area contributed by atoms with E-state index in [-0.39, 0.29) is 5.91 Å². The number of piperidine rings is 1. The van der Waals surface area contributed by atoms with Gasteiger partial charge in [0.1, 0.15) is 11.6 Å². The maximum atomic E-state index is 12.3. The summed E-state index contributed by atoms with van der Waals surface area (Å²) in [5, 5.41) is 11.5. The van der Waals surface area contributed by atoms with Crippen LogP contribution in [0.15, 0.2) is 28.7 Å². The van der Waals surface area contributed by atoms with E-state index >= 15 is 0 Å². The SMILES string of the molecule is Cc1ccc(NC2CCN(C(=O)c3ccc(C)o3)CC2)nn1. The second-order valence-corrected chi connectivity index (χ2v) is 5.68. The van der Waals surface area contributed by atoms with Gasteiger partial charge in [-0.1, -0.05) is 0 Å². The maximum Gasteiger partial charge on any atom is 0.289 e. The van der Waals surface area contributed by atoms with Crippen molar-refractivity contribution in [3.05, 3.63) is 41.5 Å². The molecule has 22 heavy (non-hydrogen) atoms. The van der Waals surface area contributed by atoms with Crippen LogP contribution < -0.4 is 5.32 Å². The molecule has 0 unspecified atom stereocenters. The standard InChI is InChI=1S/C16H20N4O2/c1-11-3-6-15(19-18-11)17-13-7-9-20(10-8-13)16(21)14-5-4-12(2)22-14/h3-6,13H,7-10H2,1-2H3,(H,17,19). The van der Waals surface area contributed by atoms with Gasteiger partial charge in [-0.2, -0.15) is 5.10 Å². The smallest absolute Gasteiger partial charge is 0.289 e. The lowest BCUT2D eigenvalue weighted by molar-refractivity contribution is 0.0685. The quantitative estimate of drug-likeness (QED) is 0.942. The van der Waals surface area contributed by atoms with Crippen molar-refractivity contribution in [2.24, 2.45) is 0 Å². The fourth-order valence-corrected chi connectivity index (χ4v) is 2.62. The van der Waals surface area contributed by atoms with Gasteiger partial charge in [-0.05, 0) is 51.0 Å². The van der Waals surface area contributed by atoms with Crippen LogP contribution in [0.5, 0.6) is 0 Å². The van der Waals surface area contributed by atoms with Gasteiger partial charge < -0.3 is 14.6 Å². The van der Waals surface area contributed by atoms with Crippen molar-refractivity contribution >= 4 is 11.7 Å². The minimum Gasteiger partial charge on any atom is -0.456 e. The lowest BCUT2D eigenvalue weighted by Gasteiger charge is -2.32. The van der Waals surface area contributed by atoms with E-state index < -0.39 is 0 Å². The van der Waals surface area contributed by atoms with Gasteiger partial charge in [0, 0.05) is 19.1 Å². The Morgan fingerprint density at radius 1 is 1.18 bits per heavy atom. The van der Waals surface area contributed by atoms with Gasteiger partial charge in [0.2, 0.25) is 0 Å². The van der Waals surface area contributed by atoms with Gasteiger partial charge in [-0.25, -0.2) is 0 Å². The highest BCUT2D eigenvalue weighted by Crippen LogP contribution is 2.18. The highest BCUT2D eigenvalue weighted by Gasteiger charge is 2.25. The number of likely N-dealkylation sites (tertiary alicyclic amines) is 1. The number of furan rings is 1. The largest absolute Gasteiger partial charge is 0.456 e. The van der Waals surface area contributed by atoms with Gasteiger partial charge in [0.05, 0.1) is 5.69 Å². The third-order valence-electron chi connectivity index (χ3n) is 3.88. The third kappa shape index (κ3) is 3.27. The molecule has 1 amide bonds. The lowest BCUT2D eigenvalue weighted by atomic mass is 10.0. The molecule has 1 fully saturated rings. The Kier molecular flexibility index (Phi) is 4.09. The molecule has 0 radical (unpaired) electrons. The first-order chi connectivity index (χ1) is 10.6. The first kappa shape index (κ1) is 14.6. The molecule has 0 spiro atoms. The number of nitrogens with one attached hydrogen (secondary N) is 1. The molecule has 6 nitrogen and oxygen atoms in total. The summed E-state index contributed by atoms with van der Waals surface area (Å²) in [5.74, 6) is 1.95. The molecule has 6 heteroatoms. The molecule has 1 saturated heterocycles. The number of anilines is 1. The fraction of sp³-hybridized carbons (Fsp3) is 0.438. The molecule has 0 saturated carbocycles. The number of aryl methyl sites for hydroxylation is 2. The van der Waals surface area contributed by atoms with E-state index in [0.29, 0.717) is 11.8 Å². The van der Waals surface area contributed by atoms with E-state index in [2.05, 4.69) is 15.5 Å². The first-order valence-corrected chi connectivity index (χ1v) is 7.54. The molecule has 0 aliphatic carbocycles. The van der Waals surface area contributed by atoms with Crippen molar-refractivity contribution in [3.8, 4) is 0 Å². The van der Waals surface area contributed by atoms with Crippen LogP contribution in [0.2, 0.25) is 0 Å². The minimum absolute atomic E-state index is 0.0262. The van der Waals surface area contributed by atoms with E-state index in [1.165, 1.54) is 0 Å². The van der Waals surface area contributed by atoms with Crippen molar-refractivity contribution in [1.82, 2.24) is 15.1 Å². The van der Waals surface area contributed by atoms with Gasteiger partial charge in [-0.15, -0.1) is 5.10 Å². The minimum atomic E-state index is -0.0262. The Labute approximate surface area is 129 Å². The molecule has 0 aromatic carbocycles. The Bertz CT molecular complexity index is 642. The number of carbonyl (C=O) groups is 1. The lowest BCUT2D eigenvalue weighted by Crippen LogP contribution is -2.42. The summed E-state index contributed by atoms with van der Waals surface area (Å²) >= 11 is 0. The van der Waals surface area contributed by atoms with Crippen LogP contribution in [0.1, 0.15) is 34.9 Å². The number of aromatic nitrogens is 2. The number of amides is 1. The molecule has 1 aliphatic rings. The maximum absolute atomic E-state index is 12.3. The van der Waals surface area contributed by atoms with Crippen LogP contribution in [0.4, 0.5) is 5.82 Å². The van der Waals surface area contributed by atoms with Crippen LogP contribution in [0.25, 0.3) is 0 Å². The van der Waals surface area contributed by atoms with Gasteiger partial charge >= 0.3 is 0 Å². The second kappa shape index (κ2) is 6.17. The highest BCUT2D eigenvalue weighted by molar-refractivity contribution is 5.91. The predicted molar refractivity (Wildman–Crippen MR) is 82.8 cm³/mol. The molecule has 116 valence electrons. The van der Waals surface area contributed by atoms with Crippen molar-refractivity contribution in [1.29, 1.82) is 0 Å². The number of hydrogen-bond acceptors (Lipinski definition) is 5. The van der Waals surface area contributed by atoms with Crippen molar-refractivity contribution in [3.63, 3.8) is 0 Å². The zero-order valence-electron chi connectivity index (χ0n) is 12.9. The highest BCUT2D eigenvalue weighted by atomic mass is 16.3. The van der Waals surface area contributed by atoms with Gasteiger partial charge in [-0.3, -0.25) is 4.79 Å². The van der Waals surface area contributed by atoms with E-state index in [9.17, 15) is 4.79 Å². The molecule has 1 aliphatic heterocycles. The average molecular weight is 300 g/mol. The summed E-state index contributed by atoms with van der Waals surface area (Å²) in [6.45, 7) is 5.19. The summed E-state index contributed by atoms with van der Waals surface area (Å²) in [7, 11) is 0. The Hall–Kier alpha value is -2.37. The topological polar surface area (TPSA) is 71.3 Å². The molecule has 3 heterocycles. The zero-order chi connectivity index (χ0) is 15.5. The molecule has 2 aromatic rings. The number of nitrogens with zero attached hydrogens (tertiary/aromatic N) is 3. The zero-order valence-corrected chi connectivity index (χ0v) is 12.9. The van der Waals surface area contributed by atoms with Crippen LogP contribution >= 0.6 is 0 Å². The monoisotopic (exact) mass is 300 g/mol. The summed E-state index contributed by atoms with van der Waals surface area (Å²) in [6, 6.07) is 7.75. The molecular formula is C16H20N4O2. The first-order valence-electron chi connectivity index (χ1n) is 7.54. The Morgan fingerprint density at radius 2 is 1.95 bits per heavy atom. The summed E-state index contributed by atoms with van der Waals surface area (Å²) < 4.78 is 5.41. The van der Waals surface area contributed by atoms with E-state index in [4.69, 9.17) is 4.42 Å². The average Bonchev–Trinajstić information content (AvgIpc) is 2.96. The Balaban J connectivity index is 1.54.